The first kappa shape index (κ1) is 15.5. The van der Waals surface area contributed by atoms with E-state index < -0.39 is 6.10 Å². The van der Waals surface area contributed by atoms with Gasteiger partial charge in [-0.3, -0.25) is 4.99 Å². The normalized spacial score (nSPS) is 15.5. The highest BCUT2D eigenvalue weighted by molar-refractivity contribution is 5.79. The van der Waals surface area contributed by atoms with Crippen molar-refractivity contribution in [3.05, 3.63) is 35.3 Å². The summed E-state index contributed by atoms with van der Waals surface area (Å²) in [5.41, 5.74) is 0. The lowest BCUT2D eigenvalue weighted by Gasteiger charge is -2.14. The van der Waals surface area contributed by atoms with Crippen LogP contribution in [-0.2, 0) is 19.5 Å². The second-order valence-electron chi connectivity index (χ2n) is 5.56. The van der Waals surface area contributed by atoms with Gasteiger partial charge in [-0.25, -0.2) is 0 Å². The molecule has 0 aliphatic carbocycles. The number of aliphatic hydroxyl groups excluding tert-OH is 1. The van der Waals surface area contributed by atoms with Crippen LogP contribution in [0.15, 0.2) is 21.5 Å². The maximum absolute atomic E-state index is 10.1. The third-order valence-corrected chi connectivity index (χ3v) is 3.88. The predicted octanol–water partition coefficient (Wildman–Crippen LogP) is 0.524. The highest BCUT2D eigenvalue weighted by Gasteiger charge is 2.17. The summed E-state index contributed by atoms with van der Waals surface area (Å²) in [6.45, 7) is 3.68. The molecule has 1 atom stereocenters. The summed E-state index contributed by atoms with van der Waals surface area (Å²) in [5, 5.41) is 24.7. The average molecular weight is 318 g/mol. The van der Waals surface area contributed by atoms with Crippen LogP contribution < -0.4 is 10.6 Å². The summed E-state index contributed by atoms with van der Waals surface area (Å²) >= 11 is 0. The minimum absolute atomic E-state index is 0.310. The summed E-state index contributed by atoms with van der Waals surface area (Å²) in [4.78, 5) is 4.15. The monoisotopic (exact) mass is 318 g/mol. The number of hydrogen-bond acceptors (Lipinski definition) is 5. The SMILES string of the molecule is CN=C(NCc1nnc2n1CCC2)NCC(O)c1ccc(C)o1. The molecule has 0 radical (unpaired) electrons. The first-order valence-corrected chi connectivity index (χ1v) is 7.77. The zero-order valence-electron chi connectivity index (χ0n) is 13.4. The number of furan rings is 1. The molecule has 1 unspecified atom stereocenters. The molecule has 3 N–H and O–H groups in total. The van der Waals surface area contributed by atoms with Crippen molar-refractivity contribution in [2.24, 2.45) is 4.99 Å². The number of hydrogen-bond donors (Lipinski definition) is 3. The van der Waals surface area contributed by atoms with Crippen molar-refractivity contribution in [2.75, 3.05) is 13.6 Å². The standard InChI is InChI=1S/C15H22N6O2/c1-10-5-6-12(23-10)11(22)8-17-15(16-2)18-9-14-20-19-13-4-3-7-21(13)14/h5-6,11,22H,3-4,7-9H2,1-2H3,(H2,16,17,18). The van der Waals surface area contributed by atoms with E-state index in [0.29, 0.717) is 24.8 Å². The molecule has 1 aliphatic rings. The molecular formula is C15H22N6O2. The number of aromatic nitrogens is 3. The van der Waals surface area contributed by atoms with Gasteiger partial charge in [-0.2, -0.15) is 0 Å². The molecule has 8 nitrogen and oxygen atoms in total. The quantitative estimate of drug-likeness (QED) is 0.549. The van der Waals surface area contributed by atoms with Crippen LogP contribution in [0.4, 0.5) is 0 Å². The number of aryl methyl sites for hydroxylation is 2. The Morgan fingerprint density at radius 3 is 3.04 bits per heavy atom. The number of aliphatic imine (C=N–C) groups is 1. The van der Waals surface area contributed by atoms with Gasteiger partial charge in [0.25, 0.3) is 0 Å². The molecule has 2 aromatic rings. The number of guanidine groups is 1. The maximum Gasteiger partial charge on any atom is 0.191 e. The van der Waals surface area contributed by atoms with Crippen molar-refractivity contribution in [3.8, 4) is 0 Å². The minimum atomic E-state index is -0.723. The highest BCUT2D eigenvalue weighted by atomic mass is 16.4. The van der Waals surface area contributed by atoms with E-state index in [1.807, 2.05) is 13.0 Å². The Bertz CT molecular complexity index is 690. The van der Waals surface area contributed by atoms with Gasteiger partial charge < -0.3 is 24.7 Å². The van der Waals surface area contributed by atoms with Crippen LogP contribution in [0.25, 0.3) is 0 Å². The molecule has 23 heavy (non-hydrogen) atoms. The first-order valence-electron chi connectivity index (χ1n) is 7.77. The molecule has 2 aromatic heterocycles. The third kappa shape index (κ3) is 3.53. The number of aliphatic hydroxyl groups is 1. The molecule has 0 spiro atoms. The van der Waals surface area contributed by atoms with E-state index >= 15 is 0 Å². The van der Waals surface area contributed by atoms with Gasteiger partial charge in [-0.1, -0.05) is 0 Å². The topological polar surface area (TPSA) is 100 Å². The Hall–Kier alpha value is -2.35. The maximum atomic E-state index is 10.1. The number of nitrogens with one attached hydrogen (secondary N) is 2. The van der Waals surface area contributed by atoms with E-state index in [1.54, 1.807) is 13.1 Å². The Morgan fingerprint density at radius 1 is 1.43 bits per heavy atom. The number of rotatable bonds is 5. The molecule has 8 heteroatoms. The van der Waals surface area contributed by atoms with E-state index in [9.17, 15) is 5.11 Å². The van der Waals surface area contributed by atoms with Gasteiger partial charge in [0, 0.05) is 20.0 Å². The third-order valence-electron chi connectivity index (χ3n) is 3.88. The second-order valence-corrected chi connectivity index (χ2v) is 5.56. The molecule has 0 amide bonds. The Kier molecular flexibility index (Phi) is 4.61. The molecule has 3 heterocycles. The second kappa shape index (κ2) is 6.82. The lowest BCUT2D eigenvalue weighted by atomic mass is 10.3. The lowest BCUT2D eigenvalue weighted by molar-refractivity contribution is 0.151. The van der Waals surface area contributed by atoms with Crippen LogP contribution in [-0.4, -0.2) is 39.4 Å². The van der Waals surface area contributed by atoms with Crippen LogP contribution in [0.5, 0.6) is 0 Å². The van der Waals surface area contributed by atoms with E-state index in [1.165, 1.54) is 0 Å². The summed E-state index contributed by atoms with van der Waals surface area (Å²) in [5.74, 6) is 3.88. The Labute approximate surface area is 134 Å². The summed E-state index contributed by atoms with van der Waals surface area (Å²) in [6.07, 6.45) is 1.40. The molecule has 0 bridgehead atoms. The lowest BCUT2D eigenvalue weighted by Crippen LogP contribution is -2.39. The van der Waals surface area contributed by atoms with Crippen molar-refractivity contribution < 1.29 is 9.52 Å². The van der Waals surface area contributed by atoms with Crippen LogP contribution in [0, 0.1) is 6.92 Å². The van der Waals surface area contributed by atoms with Gasteiger partial charge in [0.15, 0.2) is 11.8 Å². The van der Waals surface area contributed by atoms with E-state index in [2.05, 4.69) is 30.4 Å². The molecule has 3 rings (SSSR count). The predicted molar refractivity (Wildman–Crippen MR) is 84.9 cm³/mol. The van der Waals surface area contributed by atoms with Crippen molar-refractivity contribution in [1.82, 2.24) is 25.4 Å². The fourth-order valence-corrected chi connectivity index (χ4v) is 2.65. The van der Waals surface area contributed by atoms with Crippen LogP contribution in [0.3, 0.4) is 0 Å². The van der Waals surface area contributed by atoms with Crippen molar-refractivity contribution in [3.63, 3.8) is 0 Å². The zero-order chi connectivity index (χ0) is 16.2. The van der Waals surface area contributed by atoms with E-state index in [-0.39, 0.29) is 0 Å². The molecular weight excluding hydrogens is 296 g/mol. The van der Waals surface area contributed by atoms with E-state index in [0.717, 1.165) is 36.8 Å². The largest absolute Gasteiger partial charge is 0.464 e. The number of fused-ring (bicyclic) bond motifs is 1. The van der Waals surface area contributed by atoms with Crippen LogP contribution in [0.2, 0.25) is 0 Å². The molecule has 0 fully saturated rings. The van der Waals surface area contributed by atoms with Crippen LogP contribution in [0.1, 0.15) is 35.7 Å². The molecule has 124 valence electrons. The smallest absolute Gasteiger partial charge is 0.191 e. The van der Waals surface area contributed by atoms with Gasteiger partial charge in [0.05, 0.1) is 13.1 Å². The molecule has 1 aliphatic heterocycles. The summed E-state index contributed by atoms with van der Waals surface area (Å²) in [7, 11) is 1.69. The summed E-state index contributed by atoms with van der Waals surface area (Å²) in [6, 6.07) is 3.61. The van der Waals surface area contributed by atoms with Gasteiger partial charge in [-0.15, -0.1) is 10.2 Å². The minimum Gasteiger partial charge on any atom is -0.464 e. The number of nitrogens with zero attached hydrogens (tertiary/aromatic N) is 4. The Morgan fingerprint density at radius 2 is 2.30 bits per heavy atom. The van der Waals surface area contributed by atoms with Crippen molar-refractivity contribution in [1.29, 1.82) is 0 Å². The van der Waals surface area contributed by atoms with Crippen molar-refractivity contribution in [2.45, 2.75) is 39.0 Å². The molecule has 0 saturated heterocycles. The van der Waals surface area contributed by atoms with Gasteiger partial charge >= 0.3 is 0 Å². The fourth-order valence-electron chi connectivity index (χ4n) is 2.65. The average Bonchev–Trinajstić information content (AvgIpc) is 3.24. The van der Waals surface area contributed by atoms with Gasteiger partial charge in [0.2, 0.25) is 0 Å². The van der Waals surface area contributed by atoms with Gasteiger partial charge in [-0.05, 0) is 25.5 Å². The molecule has 0 aromatic carbocycles. The van der Waals surface area contributed by atoms with Crippen molar-refractivity contribution >= 4 is 5.96 Å². The fraction of sp³-hybridized carbons (Fsp3) is 0.533. The highest BCUT2D eigenvalue weighted by Crippen LogP contribution is 2.15. The zero-order valence-corrected chi connectivity index (χ0v) is 13.4. The molecule has 0 saturated carbocycles. The summed E-state index contributed by atoms with van der Waals surface area (Å²) < 4.78 is 7.55. The Balaban J connectivity index is 1.50. The van der Waals surface area contributed by atoms with E-state index in [4.69, 9.17) is 4.42 Å². The first-order chi connectivity index (χ1) is 11.2. The van der Waals surface area contributed by atoms with Crippen LogP contribution >= 0.6 is 0 Å². The van der Waals surface area contributed by atoms with Gasteiger partial charge in [0.1, 0.15) is 23.4 Å².